The Morgan fingerprint density at radius 1 is 1.13 bits per heavy atom. The van der Waals surface area contributed by atoms with Crippen molar-refractivity contribution in [1.29, 1.82) is 0 Å². The van der Waals surface area contributed by atoms with E-state index in [0.29, 0.717) is 0 Å². The number of rotatable bonds is 2. The minimum Gasteiger partial charge on any atom is -0.345 e. The highest BCUT2D eigenvalue weighted by molar-refractivity contribution is 5.85. The molecule has 1 aromatic heterocycles. The fraction of sp³-hybridized carbons (Fsp3) is 0.636. The van der Waals surface area contributed by atoms with Crippen molar-refractivity contribution in [2.24, 2.45) is 17.8 Å². The lowest BCUT2D eigenvalue weighted by Crippen LogP contribution is -2.26. The molecule has 3 atom stereocenters. The molecule has 1 aliphatic carbocycles. The second-order valence-corrected chi connectivity index (χ2v) is 8.46. The van der Waals surface area contributed by atoms with E-state index in [-0.39, 0.29) is 0 Å². The third-order valence-electron chi connectivity index (χ3n) is 6.55. The number of hydrogen-bond donors (Lipinski definition) is 0. The zero-order valence-corrected chi connectivity index (χ0v) is 15.0. The molecular formula is C22H31N. The number of hydrogen-bond acceptors (Lipinski definition) is 0. The predicted molar refractivity (Wildman–Crippen MR) is 99.0 cm³/mol. The van der Waals surface area contributed by atoms with E-state index >= 15 is 0 Å². The van der Waals surface area contributed by atoms with Gasteiger partial charge in [0.15, 0.2) is 0 Å². The van der Waals surface area contributed by atoms with Gasteiger partial charge in [0, 0.05) is 23.1 Å². The summed E-state index contributed by atoms with van der Waals surface area (Å²) in [5, 5.41) is 1.56. The number of fused-ring (bicyclic) bond motifs is 3. The van der Waals surface area contributed by atoms with Crippen molar-refractivity contribution in [1.82, 2.24) is 4.57 Å². The quantitative estimate of drug-likeness (QED) is 0.626. The number of nitrogens with zero attached hydrogens (tertiary/aromatic N) is 1. The van der Waals surface area contributed by atoms with Crippen LogP contribution in [0, 0.1) is 17.8 Å². The van der Waals surface area contributed by atoms with E-state index in [0.717, 1.165) is 23.7 Å². The fourth-order valence-corrected chi connectivity index (χ4v) is 5.29. The SMILES string of the molecule is CC1CCC(C(C)C)C(c2cccc3c2cc2n3CCCC2)C1. The summed E-state index contributed by atoms with van der Waals surface area (Å²) in [5.41, 5.74) is 4.72. The van der Waals surface area contributed by atoms with Crippen molar-refractivity contribution in [2.45, 2.75) is 71.8 Å². The van der Waals surface area contributed by atoms with Crippen molar-refractivity contribution in [2.75, 3.05) is 0 Å². The molecule has 2 aromatic rings. The number of aryl methyl sites for hydroxylation is 2. The molecule has 0 bridgehead atoms. The summed E-state index contributed by atoms with van der Waals surface area (Å²) in [6.45, 7) is 8.53. The maximum Gasteiger partial charge on any atom is 0.0485 e. The van der Waals surface area contributed by atoms with E-state index in [2.05, 4.69) is 49.6 Å². The summed E-state index contributed by atoms with van der Waals surface area (Å²) in [7, 11) is 0. The first kappa shape index (κ1) is 15.3. The highest BCUT2D eigenvalue weighted by atomic mass is 15.0. The van der Waals surface area contributed by atoms with Crippen LogP contribution in [0.15, 0.2) is 24.3 Å². The van der Waals surface area contributed by atoms with E-state index in [1.807, 2.05) is 0 Å². The summed E-state index contributed by atoms with van der Waals surface area (Å²) < 4.78 is 2.60. The van der Waals surface area contributed by atoms with E-state index in [4.69, 9.17) is 0 Å². The van der Waals surface area contributed by atoms with Crippen LogP contribution in [0.1, 0.15) is 70.1 Å². The first-order valence-electron chi connectivity index (χ1n) is 9.76. The summed E-state index contributed by atoms with van der Waals surface area (Å²) in [6.07, 6.45) is 8.18. The van der Waals surface area contributed by atoms with Crippen LogP contribution in [0.2, 0.25) is 0 Å². The molecule has 2 heterocycles. The van der Waals surface area contributed by atoms with Gasteiger partial charge >= 0.3 is 0 Å². The number of aromatic nitrogens is 1. The minimum absolute atomic E-state index is 0.756. The Balaban J connectivity index is 1.82. The summed E-state index contributed by atoms with van der Waals surface area (Å²) in [5.74, 6) is 3.28. The van der Waals surface area contributed by atoms with Gasteiger partial charge in [-0.15, -0.1) is 0 Å². The maximum absolute atomic E-state index is 2.60. The largest absolute Gasteiger partial charge is 0.345 e. The van der Waals surface area contributed by atoms with Crippen molar-refractivity contribution < 1.29 is 0 Å². The molecule has 1 heteroatoms. The van der Waals surface area contributed by atoms with Crippen molar-refractivity contribution in [3.05, 3.63) is 35.5 Å². The van der Waals surface area contributed by atoms with Crippen LogP contribution < -0.4 is 0 Å². The minimum atomic E-state index is 0.756. The average Bonchev–Trinajstić information content (AvgIpc) is 2.93. The molecule has 1 saturated carbocycles. The van der Waals surface area contributed by atoms with E-state index < -0.39 is 0 Å². The lowest BCUT2D eigenvalue weighted by molar-refractivity contribution is 0.198. The first-order chi connectivity index (χ1) is 11.1. The second kappa shape index (κ2) is 6.00. The van der Waals surface area contributed by atoms with Gasteiger partial charge in [-0.1, -0.05) is 39.3 Å². The predicted octanol–water partition coefficient (Wildman–Crippen LogP) is 6.15. The normalized spacial score (nSPS) is 28.3. The van der Waals surface area contributed by atoms with E-state index in [1.165, 1.54) is 50.6 Å². The molecular weight excluding hydrogens is 278 g/mol. The fourth-order valence-electron chi connectivity index (χ4n) is 5.29. The standard InChI is InChI=1S/C22H31N/c1-15(2)18-11-10-16(3)13-20(18)19-8-6-9-22-21(19)14-17-7-4-5-12-23(17)22/h6,8-9,14-16,18,20H,4-5,7,10-13H2,1-3H3. The van der Waals surface area contributed by atoms with Crippen molar-refractivity contribution >= 4 is 10.9 Å². The Morgan fingerprint density at radius 2 is 2.00 bits per heavy atom. The Bertz CT molecular complexity index is 693. The van der Waals surface area contributed by atoms with Crippen LogP contribution in [0.4, 0.5) is 0 Å². The van der Waals surface area contributed by atoms with Gasteiger partial charge in [0.25, 0.3) is 0 Å². The van der Waals surface area contributed by atoms with Gasteiger partial charge in [0.1, 0.15) is 0 Å². The van der Waals surface area contributed by atoms with Crippen LogP contribution in [-0.4, -0.2) is 4.57 Å². The molecule has 1 aromatic carbocycles. The molecule has 0 spiro atoms. The molecule has 4 rings (SSSR count). The van der Waals surface area contributed by atoms with E-state index in [9.17, 15) is 0 Å². The molecule has 0 N–H and O–H groups in total. The van der Waals surface area contributed by atoms with Gasteiger partial charge in [-0.3, -0.25) is 0 Å². The molecule has 1 fully saturated rings. The van der Waals surface area contributed by atoms with E-state index in [1.54, 1.807) is 16.6 Å². The highest BCUT2D eigenvalue weighted by Crippen LogP contribution is 2.46. The molecule has 0 saturated heterocycles. The third-order valence-corrected chi connectivity index (χ3v) is 6.55. The van der Waals surface area contributed by atoms with Crippen molar-refractivity contribution in [3.63, 3.8) is 0 Å². The molecule has 1 aliphatic heterocycles. The monoisotopic (exact) mass is 309 g/mol. The smallest absolute Gasteiger partial charge is 0.0485 e. The first-order valence-corrected chi connectivity index (χ1v) is 9.76. The van der Waals surface area contributed by atoms with Crippen molar-refractivity contribution in [3.8, 4) is 0 Å². The molecule has 0 radical (unpaired) electrons. The van der Waals surface area contributed by atoms with Crippen LogP contribution in [0.25, 0.3) is 10.9 Å². The van der Waals surface area contributed by atoms with Gasteiger partial charge in [-0.25, -0.2) is 0 Å². The Morgan fingerprint density at radius 3 is 2.83 bits per heavy atom. The Labute approximate surface area is 141 Å². The summed E-state index contributed by atoms with van der Waals surface area (Å²) in [4.78, 5) is 0. The summed E-state index contributed by atoms with van der Waals surface area (Å²) >= 11 is 0. The second-order valence-electron chi connectivity index (χ2n) is 8.46. The van der Waals surface area contributed by atoms with Gasteiger partial charge in [0.2, 0.25) is 0 Å². The van der Waals surface area contributed by atoms with Crippen LogP contribution >= 0.6 is 0 Å². The maximum atomic E-state index is 2.60. The Hall–Kier alpha value is -1.24. The zero-order valence-electron chi connectivity index (χ0n) is 15.0. The molecule has 0 amide bonds. The molecule has 3 unspecified atom stereocenters. The van der Waals surface area contributed by atoms with Crippen LogP contribution in [0.3, 0.4) is 0 Å². The summed E-state index contributed by atoms with van der Waals surface area (Å²) in [6, 6.07) is 9.63. The molecule has 124 valence electrons. The van der Waals surface area contributed by atoms with Crippen LogP contribution in [0.5, 0.6) is 0 Å². The van der Waals surface area contributed by atoms with Gasteiger partial charge in [0.05, 0.1) is 0 Å². The van der Waals surface area contributed by atoms with Gasteiger partial charge in [-0.05, 0) is 73.5 Å². The third kappa shape index (κ3) is 2.62. The lowest BCUT2D eigenvalue weighted by Gasteiger charge is -2.38. The topological polar surface area (TPSA) is 4.93 Å². The Kier molecular flexibility index (Phi) is 3.99. The average molecular weight is 309 g/mol. The highest BCUT2D eigenvalue weighted by Gasteiger charge is 2.33. The molecule has 1 nitrogen and oxygen atoms in total. The van der Waals surface area contributed by atoms with Crippen LogP contribution in [-0.2, 0) is 13.0 Å². The molecule has 23 heavy (non-hydrogen) atoms. The lowest BCUT2D eigenvalue weighted by atomic mass is 9.67. The number of benzene rings is 1. The van der Waals surface area contributed by atoms with Gasteiger partial charge < -0.3 is 4.57 Å². The van der Waals surface area contributed by atoms with Gasteiger partial charge in [-0.2, -0.15) is 0 Å². The zero-order chi connectivity index (χ0) is 16.0. The molecule has 2 aliphatic rings.